The maximum absolute atomic E-state index is 5.65. The molecule has 0 saturated carbocycles. The Labute approximate surface area is 95.1 Å². The largest absolute Gasteiger partial charge is 0.251 e. The normalized spacial score (nSPS) is 10.1. The van der Waals surface area contributed by atoms with Gasteiger partial charge in [-0.25, -0.2) is 4.98 Å². The van der Waals surface area contributed by atoms with E-state index in [-0.39, 0.29) is 0 Å². The first-order valence-corrected chi connectivity index (χ1v) is 5.16. The first-order valence-electron chi connectivity index (χ1n) is 3.99. The first-order chi connectivity index (χ1) is 6.75. The molecule has 0 N–H and O–H groups in total. The Kier molecular flexibility index (Phi) is 2.79. The molecule has 1 heterocycles. The van der Waals surface area contributed by atoms with Crippen LogP contribution in [0.4, 0.5) is 0 Å². The van der Waals surface area contributed by atoms with Crippen molar-refractivity contribution in [3.05, 3.63) is 46.3 Å². The lowest BCUT2D eigenvalue weighted by Gasteiger charge is -2.00. The van der Waals surface area contributed by atoms with Crippen LogP contribution in [0.1, 0.15) is 0 Å². The summed E-state index contributed by atoms with van der Waals surface area (Å²) in [5.74, 6) is 0. The van der Waals surface area contributed by atoms with Crippen LogP contribution in [-0.2, 0) is 0 Å². The Morgan fingerprint density at radius 1 is 1.14 bits per heavy atom. The predicted molar refractivity (Wildman–Crippen MR) is 60.2 cm³/mol. The highest BCUT2D eigenvalue weighted by atomic mass is 79.9. The van der Waals surface area contributed by atoms with Gasteiger partial charge in [0.2, 0.25) is 0 Å². The zero-order valence-corrected chi connectivity index (χ0v) is 9.46. The van der Waals surface area contributed by atoms with Gasteiger partial charge in [0, 0.05) is 10.0 Å². The van der Waals surface area contributed by atoms with Gasteiger partial charge in [0.25, 0.3) is 0 Å². The molecule has 2 nitrogen and oxygen atoms in total. The van der Waals surface area contributed by atoms with Crippen LogP contribution in [0.15, 0.2) is 41.1 Å². The Hall–Kier alpha value is -0.930. The summed E-state index contributed by atoms with van der Waals surface area (Å²) in [5, 5.41) is 0.406. The van der Waals surface area contributed by atoms with Gasteiger partial charge in [-0.1, -0.05) is 39.7 Å². The van der Waals surface area contributed by atoms with Crippen LogP contribution in [0.25, 0.3) is 11.3 Å². The van der Waals surface area contributed by atoms with Crippen molar-refractivity contribution < 1.29 is 0 Å². The van der Waals surface area contributed by atoms with Gasteiger partial charge in [0.05, 0.1) is 18.1 Å². The van der Waals surface area contributed by atoms with Crippen LogP contribution >= 0.6 is 27.5 Å². The molecule has 0 aliphatic carbocycles. The molecule has 0 unspecified atom stereocenters. The number of benzene rings is 1. The zero-order valence-electron chi connectivity index (χ0n) is 7.11. The van der Waals surface area contributed by atoms with Gasteiger partial charge in [-0.15, -0.1) is 0 Å². The van der Waals surface area contributed by atoms with Crippen LogP contribution in [-0.4, -0.2) is 9.97 Å². The van der Waals surface area contributed by atoms with Gasteiger partial charge in [-0.2, -0.15) is 0 Å². The molecule has 1 aromatic carbocycles. The summed E-state index contributed by atoms with van der Waals surface area (Å²) < 4.78 is 1.02. The van der Waals surface area contributed by atoms with E-state index in [1.807, 2.05) is 24.3 Å². The number of halogens is 2. The fourth-order valence-corrected chi connectivity index (χ4v) is 1.61. The van der Waals surface area contributed by atoms with E-state index >= 15 is 0 Å². The second-order valence-electron chi connectivity index (χ2n) is 2.73. The highest BCUT2D eigenvalue weighted by molar-refractivity contribution is 9.10. The Bertz CT molecular complexity index is 442. The van der Waals surface area contributed by atoms with Gasteiger partial charge in [-0.05, 0) is 12.1 Å². The highest BCUT2D eigenvalue weighted by Crippen LogP contribution is 2.20. The SMILES string of the molecule is Clc1cnc(-c2cccc(Br)c2)cn1. The van der Waals surface area contributed by atoms with E-state index in [1.165, 1.54) is 6.20 Å². The molecule has 14 heavy (non-hydrogen) atoms. The van der Waals surface area contributed by atoms with Gasteiger partial charge in [0.15, 0.2) is 0 Å². The number of nitrogens with zero attached hydrogens (tertiary/aromatic N) is 2. The van der Waals surface area contributed by atoms with Gasteiger partial charge >= 0.3 is 0 Å². The third-order valence-electron chi connectivity index (χ3n) is 1.74. The summed E-state index contributed by atoms with van der Waals surface area (Å²) in [5.41, 5.74) is 1.83. The summed E-state index contributed by atoms with van der Waals surface area (Å²) in [7, 11) is 0. The van der Waals surface area contributed by atoms with E-state index in [1.54, 1.807) is 6.20 Å². The third-order valence-corrected chi connectivity index (χ3v) is 2.43. The summed E-state index contributed by atoms with van der Waals surface area (Å²) in [4.78, 5) is 8.15. The Morgan fingerprint density at radius 2 is 2.00 bits per heavy atom. The first kappa shape index (κ1) is 9.62. The quantitative estimate of drug-likeness (QED) is 0.791. The molecule has 0 saturated heterocycles. The zero-order chi connectivity index (χ0) is 9.97. The molecule has 0 atom stereocenters. The molecule has 1 aromatic heterocycles. The lowest BCUT2D eigenvalue weighted by Crippen LogP contribution is -1.85. The van der Waals surface area contributed by atoms with Crippen molar-refractivity contribution in [1.29, 1.82) is 0 Å². The Morgan fingerprint density at radius 3 is 2.64 bits per heavy atom. The van der Waals surface area contributed by atoms with Crippen molar-refractivity contribution >= 4 is 27.5 Å². The minimum atomic E-state index is 0.406. The molecule has 0 bridgehead atoms. The molecule has 2 rings (SSSR count). The van der Waals surface area contributed by atoms with E-state index in [4.69, 9.17) is 11.6 Å². The van der Waals surface area contributed by atoms with E-state index in [2.05, 4.69) is 25.9 Å². The van der Waals surface area contributed by atoms with E-state index in [9.17, 15) is 0 Å². The topological polar surface area (TPSA) is 25.8 Å². The average Bonchev–Trinajstić information content (AvgIpc) is 2.19. The predicted octanol–water partition coefficient (Wildman–Crippen LogP) is 3.56. The second kappa shape index (κ2) is 4.07. The molecule has 0 spiro atoms. The van der Waals surface area contributed by atoms with Crippen LogP contribution in [0.5, 0.6) is 0 Å². The van der Waals surface area contributed by atoms with Crippen molar-refractivity contribution in [3.8, 4) is 11.3 Å². The van der Waals surface area contributed by atoms with E-state index in [0.717, 1.165) is 15.7 Å². The molecular weight excluding hydrogens is 263 g/mol. The molecular formula is C10H6BrClN2. The van der Waals surface area contributed by atoms with Gasteiger partial charge < -0.3 is 0 Å². The third kappa shape index (κ3) is 2.11. The van der Waals surface area contributed by atoms with Crippen LogP contribution in [0.2, 0.25) is 5.15 Å². The van der Waals surface area contributed by atoms with Crippen LogP contribution in [0.3, 0.4) is 0 Å². The summed E-state index contributed by atoms with van der Waals surface area (Å²) in [6.07, 6.45) is 3.20. The molecule has 0 amide bonds. The minimum Gasteiger partial charge on any atom is -0.251 e. The molecule has 4 heteroatoms. The number of hydrogen-bond acceptors (Lipinski definition) is 2. The second-order valence-corrected chi connectivity index (χ2v) is 4.04. The van der Waals surface area contributed by atoms with Gasteiger partial charge in [0.1, 0.15) is 5.15 Å². The fourth-order valence-electron chi connectivity index (χ4n) is 1.11. The maximum Gasteiger partial charge on any atom is 0.147 e. The molecule has 0 aliphatic heterocycles. The van der Waals surface area contributed by atoms with Crippen molar-refractivity contribution in [2.75, 3.05) is 0 Å². The summed E-state index contributed by atoms with van der Waals surface area (Å²) in [6, 6.07) is 7.88. The van der Waals surface area contributed by atoms with E-state index < -0.39 is 0 Å². The molecule has 70 valence electrons. The number of rotatable bonds is 1. The lowest BCUT2D eigenvalue weighted by molar-refractivity contribution is 1.20. The molecule has 2 aromatic rings. The number of hydrogen-bond donors (Lipinski definition) is 0. The van der Waals surface area contributed by atoms with Crippen molar-refractivity contribution in [2.45, 2.75) is 0 Å². The van der Waals surface area contributed by atoms with Crippen LogP contribution < -0.4 is 0 Å². The van der Waals surface area contributed by atoms with Crippen molar-refractivity contribution in [2.24, 2.45) is 0 Å². The fraction of sp³-hybridized carbons (Fsp3) is 0. The average molecular weight is 270 g/mol. The monoisotopic (exact) mass is 268 g/mol. The highest BCUT2D eigenvalue weighted by Gasteiger charge is 1.99. The minimum absolute atomic E-state index is 0.406. The van der Waals surface area contributed by atoms with Crippen molar-refractivity contribution in [1.82, 2.24) is 9.97 Å². The standard InChI is InChI=1S/C10H6BrClN2/c11-8-3-1-2-7(4-8)9-5-14-10(12)6-13-9/h1-6H. The summed E-state index contributed by atoms with van der Waals surface area (Å²) in [6.45, 7) is 0. The molecule has 0 radical (unpaired) electrons. The smallest absolute Gasteiger partial charge is 0.147 e. The maximum atomic E-state index is 5.65. The van der Waals surface area contributed by atoms with E-state index in [0.29, 0.717) is 5.15 Å². The van der Waals surface area contributed by atoms with Gasteiger partial charge in [-0.3, -0.25) is 4.98 Å². The Balaban J connectivity index is 2.44. The molecule has 0 aliphatic rings. The van der Waals surface area contributed by atoms with Crippen molar-refractivity contribution in [3.63, 3.8) is 0 Å². The number of aromatic nitrogens is 2. The lowest BCUT2D eigenvalue weighted by atomic mass is 10.2. The summed E-state index contributed by atoms with van der Waals surface area (Å²) >= 11 is 9.05. The molecule has 0 fully saturated rings. The van der Waals surface area contributed by atoms with Crippen LogP contribution in [0, 0.1) is 0 Å².